The van der Waals surface area contributed by atoms with Gasteiger partial charge in [0.15, 0.2) is 0 Å². The average Bonchev–Trinajstić information content (AvgIpc) is 2.26. The molecule has 0 spiro atoms. The topological polar surface area (TPSA) is 61.4 Å². The van der Waals surface area contributed by atoms with Crippen LogP contribution in [-0.4, -0.2) is 36.8 Å². The number of amides is 1. The van der Waals surface area contributed by atoms with Crippen molar-refractivity contribution in [2.75, 3.05) is 19.7 Å². The van der Waals surface area contributed by atoms with Crippen molar-refractivity contribution < 1.29 is 9.90 Å². The number of rotatable bonds is 4. The van der Waals surface area contributed by atoms with Crippen LogP contribution in [0.15, 0.2) is 0 Å². The quantitative estimate of drug-likeness (QED) is 0.657. The van der Waals surface area contributed by atoms with Gasteiger partial charge in [-0.05, 0) is 26.3 Å². The van der Waals surface area contributed by atoms with Crippen LogP contribution in [0.25, 0.3) is 0 Å². The summed E-state index contributed by atoms with van der Waals surface area (Å²) in [7, 11) is 0. The van der Waals surface area contributed by atoms with Gasteiger partial charge in [0.25, 0.3) is 0 Å². The Morgan fingerprint density at radius 2 is 2.25 bits per heavy atom. The Labute approximate surface area is 97.8 Å². The molecule has 0 bridgehead atoms. The Balaban J connectivity index is 2.34. The minimum Gasteiger partial charge on any atom is -0.396 e. The minimum atomic E-state index is -0.228. The molecule has 0 aliphatic carbocycles. The number of hydrogen-bond donors (Lipinski definition) is 3. The summed E-state index contributed by atoms with van der Waals surface area (Å²) in [4.78, 5) is 11.9. The van der Waals surface area contributed by atoms with E-state index in [1.807, 2.05) is 13.8 Å². The van der Waals surface area contributed by atoms with Crippen LogP contribution in [0.4, 0.5) is 0 Å². The van der Waals surface area contributed by atoms with E-state index in [1.54, 1.807) is 0 Å². The lowest BCUT2D eigenvalue weighted by Gasteiger charge is -2.29. The summed E-state index contributed by atoms with van der Waals surface area (Å²) in [6.07, 6.45) is 1.82. The number of carbonyl (C=O) groups excluding carboxylic acids is 1. The molecule has 0 saturated carbocycles. The van der Waals surface area contributed by atoms with E-state index in [-0.39, 0.29) is 23.8 Å². The molecule has 1 aliphatic heterocycles. The summed E-state index contributed by atoms with van der Waals surface area (Å²) >= 11 is 0. The van der Waals surface area contributed by atoms with Crippen LogP contribution in [0.3, 0.4) is 0 Å². The van der Waals surface area contributed by atoms with E-state index in [4.69, 9.17) is 5.11 Å². The molecule has 0 aromatic heterocycles. The van der Waals surface area contributed by atoms with Gasteiger partial charge in [0, 0.05) is 30.5 Å². The highest BCUT2D eigenvalue weighted by Gasteiger charge is 2.26. The van der Waals surface area contributed by atoms with Crippen LogP contribution < -0.4 is 10.6 Å². The molecule has 2 atom stereocenters. The molecule has 0 aromatic rings. The molecule has 1 heterocycles. The zero-order valence-corrected chi connectivity index (χ0v) is 10.5. The van der Waals surface area contributed by atoms with Gasteiger partial charge in [-0.1, -0.05) is 13.8 Å². The van der Waals surface area contributed by atoms with Crippen molar-refractivity contribution in [3.8, 4) is 0 Å². The van der Waals surface area contributed by atoms with Gasteiger partial charge < -0.3 is 15.7 Å². The predicted octanol–water partition coefficient (Wildman–Crippen LogP) is 0.509. The van der Waals surface area contributed by atoms with Gasteiger partial charge in [-0.2, -0.15) is 0 Å². The fourth-order valence-electron chi connectivity index (χ4n) is 1.90. The Morgan fingerprint density at radius 1 is 1.56 bits per heavy atom. The van der Waals surface area contributed by atoms with Crippen LogP contribution in [-0.2, 0) is 4.79 Å². The first-order valence-corrected chi connectivity index (χ1v) is 6.06. The molecule has 4 nitrogen and oxygen atoms in total. The van der Waals surface area contributed by atoms with Crippen LogP contribution in [0.2, 0.25) is 0 Å². The van der Waals surface area contributed by atoms with Crippen molar-refractivity contribution >= 4 is 5.91 Å². The maximum absolute atomic E-state index is 11.9. The van der Waals surface area contributed by atoms with E-state index < -0.39 is 0 Å². The Morgan fingerprint density at radius 3 is 2.81 bits per heavy atom. The van der Waals surface area contributed by atoms with Crippen molar-refractivity contribution in [2.24, 2.45) is 11.3 Å². The van der Waals surface area contributed by atoms with E-state index in [0.29, 0.717) is 12.6 Å². The molecule has 1 aliphatic rings. The van der Waals surface area contributed by atoms with Gasteiger partial charge in [-0.15, -0.1) is 0 Å². The Kier molecular flexibility index (Phi) is 4.74. The highest BCUT2D eigenvalue weighted by Crippen LogP contribution is 2.17. The molecule has 0 aromatic carbocycles. The Hall–Kier alpha value is -0.610. The second-order valence-corrected chi connectivity index (χ2v) is 5.62. The summed E-state index contributed by atoms with van der Waals surface area (Å²) < 4.78 is 0. The highest BCUT2D eigenvalue weighted by molar-refractivity contribution is 5.78. The number of aliphatic hydroxyl groups excluding tert-OH is 1. The Bertz CT molecular complexity index is 241. The predicted molar refractivity (Wildman–Crippen MR) is 64.1 cm³/mol. The van der Waals surface area contributed by atoms with Crippen LogP contribution in [0.1, 0.15) is 33.6 Å². The van der Waals surface area contributed by atoms with Gasteiger partial charge >= 0.3 is 0 Å². The number of piperidine rings is 1. The first-order chi connectivity index (χ1) is 7.44. The third kappa shape index (κ3) is 4.10. The van der Waals surface area contributed by atoms with Crippen LogP contribution >= 0.6 is 0 Å². The largest absolute Gasteiger partial charge is 0.396 e. The third-order valence-corrected chi connectivity index (χ3v) is 3.16. The zero-order chi connectivity index (χ0) is 12.2. The summed E-state index contributed by atoms with van der Waals surface area (Å²) in [5, 5.41) is 15.4. The highest BCUT2D eigenvalue weighted by atomic mass is 16.3. The standard InChI is InChI=1S/C12H24N2O2/c1-9-6-10(4-5-13-9)11(16)14-7-12(2,3)8-15/h9-10,13,15H,4-8H2,1-3H3,(H,14,16). The molecular weight excluding hydrogens is 204 g/mol. The van der Waals surface area contributed by atoms with Crippen molar-refractivity contribution in [1.29, 1.82) is 0 Å². The van der Waals surface area contributed by atoms with Crippen LogP contribution in [0, 0.1) is 11.3 Å². The van der Waals surface area contributed by atoms with Gasteiger partial charge in [-0.3, -0.25) is 4.79 Å². The minimum absolute atomic E-state index is 0.0932. The molecule has 0 radical (unpaired) electrons. The SMILES string of the molecule is CC1CC(C(=O)NCC(C)(C)CO)CCN1. The first kappa shape index (κ1) is 13.5. The van der Waals surface area contributed by atoms with E-state index >= 15 is 0 Å². The summed E-state index contributed by atoms with van der Waals surface area (Å²) in [6.45, 7) is 7.55. The van der Waals surface area contributed by atoms with Crippen molar-refractivity contribution in [2.45, 2.75) is 39.7 Å². The van der Waals surface area contributed by atoms with Gasteiger partial charge in [0.1, 0.15) is 0 Å². The molecule has 3 N–H and O–H groups in total. The molecule has 2 unspecified atom stereocenters. The normalized spacial score (nSPS) is 26.5. The molecule has 1 saturated heterocycles. The summed E-state index contributed by atoms with van der Waals surface area (Å²) in [5.41, 5.74) is -0.228. The number of carbonyl (C=O) groups is 1. The molecule has 1 amide bonds. The van der Waals surface area contributed by atoms with E-state index in [0.717, 1.165) is 19.4 Å². The third-order valence-electron chi connectivity index (χ3n) is 3.16. The molecule has 94 valence electrons. The fraction of sp³-hybridized carbons (Fsp3) is 0.917. The van der Waals surface area contributed by atoms with Crippen molar-refractivity contribution in [3.05, 3.63) is 0 Å². The fourth-order valence-corrected chi connectivity index (χ4v) is 1.90. The molecule has 4 heteroatoms. The van der Waals surface area contributed by atoms with Gasteiger partial charge in [0.05, 0.1) is 0 Å². The smallest absolute Gasteiger partial charge is 0.223 e. The molecule has 1 fully saturated rings. The lowest BCUT2D eigenvalue weighted by atomic mass is 9.91. The second kappa shape index (κ2) is 5.64. The maximum Gasteiger partial charge on any atom is 0.223 e. The average molecular weight is 228 g/mol. The lowest BCUT2D eigenvalue weighted by molar-refractivity contribution is -0.126. The van der Waals surface area contributed by atoms with E-state index in [1.165, 1.54) is 0 Å². The summed E-state index contributed by atoms with van der Waals surface area (Å²) in [6, 6.07) is 0.426. The molecule has 16 heavy (non-hydrogen) atoms. The number of hydrogen-bond acceptors (Lipinski definition) is 3. The lowest BCUT2D eigenvalue weighted by Crippen LogP contribution is -2.44. The summed E-state index contributed by atoms with van der Waals surface area (Å²) in [5.74, 6) is 0.264. The zero-order valence-electron chi connectivity index (χ0n) is 10.5. The van der Waals surface area contributed by atoms with Crippen LogP contribution in [0.5, 0.6) is 0 Å². The number of aliphatic hydroxyl groups is 1. The molecule has 1 rings (SSSR count). The van der Waals surface area contributed by atoms with E-state index in [9.17, 15) is 4.79 Å². The van der Waals surface area contributed by atoms with E-state index in [2.05, 4.69) is 17.6 Å². The van der Waals surface area contributed by atoms with Crippen molar-refractivity contribution in [1.82, 2.24) is 10.6 Å². The second-order valence-electron chi connectivity index (χ2n) is 5.62. The monoisotopic (exact) mass is 228 g/mol. The number of nitrogens with one attached hydrogen (secondary N) is 2. The van der Waals surface area contributed by atoms with Gasteiger partial charge in [0.2, 0.25) is 5.91 Å². The van der Waals surface area contributed by atoms with Crippen molar-refractivity contribution in [3.63, 3.8) is 0 Å². The first-order valence-electron chi connectivity index (χ1n) is 6.06. The molecular formula is C12H24N2O2. The van der Waals surface area contributed by atoms with Gasteiger partial charge in [-0.25, -0.2) is 0 Å². The maximum atomic E-state index is 11.9.